The first-order valence-electron chi connectivity index (χ1n) is 11.4. The zero-order chi connectivity index (χ0) is 26.0. The molecule has 0 atom stereocenters. The van der Waals surface area contributed by atoms with E-state index in [0.717, 1.165) is 23.5 Å². The van der Waals surface area contributed by atoms with Crippen molar-refractivity contribution in [2.75, 3.05) is 54.2 Å². The Morgan fingerprint density at radius 3 is 2.33 bits per heavy atom. The van der Waals surface area contributed by atoms with Crippen LogP contribution < -0.4 is 27.0 Å². The Balaban J connectivity index is 1.75. The molecule has 2 amide bonds. The van der Waals surface area contributed by atoms with Crippen molar-refractivity contribution in [3.8, 4) is 0 Å². The van der Waals surface area contributed by atoms with Gasteiger partial charge >= 0.3 is 0 Å². The first-order valence-corrected chi connectivity index (χ1v) is 11.8. The van der Waals surface area contributed by atoms with Gasteiger partial charge in [-0.1, -0.05) is 23.7 Å². The molecule has 0 spiro atoms. The summed E-state index contributed by atoms with van der Waals surface area (Å²) in [5.41, 5.74) is 17.5. The molecule has 0 radical (unpaired) electrons. The maximum Gasteiger partial charge on any atom is 0.258 e. The molecule has 36 heavy (non-hydrogen) atoms. The number of anilines is 5. The predicted octanol–water partition coefficient (Wildman–Crippen LogP) is 4.35. The number of likely N-dealkylation sites (N-methyl/N-ethyl adjacent to an activating group) is 1. The highest BCUT2D eigenvalue weighted by molar-refractivity contribution is 6.38. The number of fused-ring (bicyclic) bond motifs is 1. The Bertz CT molecular complexity index is 1350. The van der Waals surface area contributed by atoms with Gasteiger partial charge < -0.3 is 31.9 Å². The van der Waals surface area contributed by atoms with Crippen LogP contribution in [0, 0.1) is 0 Å². The minimum absolute atomic E-state index is 0.0318. The Hall–Kier alpha value is -4.01. The van der Waals surface area contributed by atoms with E-state index >= 15 is 0 Å². The fourth-order valence-corrected chi connectivity index (χ4v) is 4.21. The molecule has 0 aliphatic carbocycles. The highest BCUT2D eigenvalue weighted by atomic mass is 35.5. The minimum atomic E-state index is -0.256. The Kier molecular flexibility index (Phi) is 7.19. The molecule has 1 aliphatic rings. The van der Waals surface area contributed by atoms with Crippen LogP contribution in [0.4, 0.5) is 28.4 Å². The van der Waals surface area contributed by atoms with Gasteiger partial charge in [-0.25, -0.2) is 0 Å². The molecule has 3 aromatic rings. The third kappa shape index (κ3) is 5.30. The number of nitrogens with one attached hydrogen (secondary N) is 2. The number of hydrogen-bond donors (Lipinski definition) is 4. The lowest BCUT2D eigenvalue weighted by Crippen LogP contribution is -2.35. The summed E-state index contributed by atoms with van der Waals surface area (Å²) in [7, 11) is 3.94. The van der Waals surface area contributed by atoms with E-state index in [1.54, 1.807) is 36.1 Å². The van der Waals surface area contributed by atoms with Crippen molar-refractivity contribution in [1.82, 2.24) is 4.90 Å². The second kappa shape index (κ2) is 10.3. The van der Waals surface area contributed by atoms with Gasteiger partial charge in [0, 0.05) is 47.5 Å². The van der Waals surface area contributed by atoms with Crippen LogP contribution in [0.15, 0.2) is 60.7 Å². The van der Waals surface area contributed by atoms with Crippen LogP contribution in [0.3, 0.4) is 0 Å². The number of nitrogens with two attached hydrogens (primary N) is 2. The first kappa shape index (κ1) is 25.1. The average molecular weight is 505 g/mol. The molecular formula is C27H29ClN6O2. The number of carbonyl (C=O) groups is 2. The van der Waals surface area contributed by atoms with Crippen molar-refractivity contribution >= 4 is 63.1 Å². The van der Waals surface area contributed by atoms with E-state index in [1.165, 1.54) is 0 Å². The van der Waals surface area contributed by atoms with Gasteiger partial charge in [-0.15, -0.1) is 0 Å². The fourth-order valence-electron chi connectivity index (χ4n) is 4.04. The zero-order valence-corrected chi connectivity index (χ0v) is 21.2. The zero-order valence-electron chi connectivity index (χ0n) is 20.4. The summed E-state index contributed by atoms with van der Waals surface area (Å²) in [6, 6.07) is 18.0. The van der Waals surface area contributed by atoms with Crippen molar-refractivity contribution in [2.24, 2.45) is 0 Å². The molecule has 8 nitrogen and oxygen atoms in total. The third-order valence-electron chi connectivity index (χ3n) is 5.95. The van der Waals surface area contributed by atoms with Gasteiger partial charge in [0.15, 0.2) is 0 Å². The SMILES string of the molecule is CC(=O)N(CCN(C)C)c1ccc(NC(=C2C(=O)Nc3cc(Cl)ccc32)c2ccc(N)c(N)c2)cc1. The number of rotatable bonds is 7. The Morgan fingerprint density at radius 2 is 1.69 bits per heavy atom. The molecule has 9 heteroatoms. The van der Waals surface area contributed by atoms with E-state index < -0.39 is 0 Å². The lowest BCUT2D eigenvalue weighted by Gasteiger charge is -2.23. The summed E-state index contributed by atoms with van der Waals surface area (Å²) in [6.45, 7) is 2.87. The number of carbonyl (C=O) groups excluding carboxylic acids is 2. The second-order valence-corrected chi connectivity index (χ2v) is 9.32. The Labute approximate surface area is 215 Å². The largest absolute Gasteiger partial charge is 0.397 e. The first-order chi connectivity index (χ1) is 17.1. The number of benzene rings is 3. The second-order valence-electron chi connectivity index (χ2n) is 8.88. The number of amides is 2. The van der Waals surface area contributed by atoms with E-state index in [0.29, 0.717) is 45.5 Å². The van der Waals surface area contributed by atoms with Crippen molar-refractivity contribution in [2.45, 2.75) is 6.92 Å². The molecule has 6 N–H and O–H groups in total. The molecule has 186 valence electrons. The number of nitrogens with zero attached hydrogens (tertiary/aromatic N) is 2. The van der Waals surface area contributed by atoms with E-state index in [-0.39, 0.29) is 11.8 Å². The maximum absolute atomic E-state index is 13.1. The summed E-state index contributed by atoms with van der Waals surface area (Å²) in [6.07, 6.45) is 0. The van der Waals surface area contributed by atoms with Crippen LogP contribution in [-0.2, 0) is 9.59 Å². The smallest absolute Gasteiger partial charge is 0.258 e. The van der Waals surface area contributed by atoms with Crippen molar-refractivity contribution < 1.29 is 9.59 Å². The lowest BCUT2D eigenvalue weighted by atomic mass is 9.99. The van der Waals surface area contributed by atoms with Crippen LogP contribution in [0.5, 0.6) is 0 Å². The topological polar surface area (TPSA) is 117 Å². The molecule has 1 aliphatic heterocycles. The van der Waals surface area contributed by atoms with Gasteiger partial charge in [0.05, 0.1) is 28.3 Å². The molecule has 0 saturated heterocycles. The van der Waals surface area contributed by atoms with Crippen molar-refractivity contribution in [3.63, 3.8) is 0 Å². The van der Waals surface area contributed by atoms with Crippen LogP contribution in [0.1, 0.15) is 18.1 Å². The summed E-state index contributed by atoms with van der Waals surface area (Å²) >= 11 is 6.14. The van der Waals surface area contributed by atoms with Gasteiger partial charge in [0.25, 0.3) is 5.91 Å². The summed E-state index contributed by atoms with van der Waals surface area (Å²) in [5.74, 6) is -0.288. The van der Waals surface area contributed by atoms with Crippen LogP contribution >= 0.6 is 11.6 Å². The van der Waals surface area contributed by atoms with Crippen LogP contribution in [0.2, 0.25) is 5.02 Å². The average Bonchev–Trinajstić information content (AvgIpc) is 3.14. The summed E-state index contributed by atoms with van der Waals surface area (Å²) in [5, 5.41) is 6.81. The highest BCUT2D eigenvalue weighted by Gasteiger charge is 2.29. The van der Waals surface area contributed by atoms with E-state index in [2.05, 4.69) is 10.6 Å². The van der Waals surface area contributed by atoms with Crippen molar-refractivity contribution in [3.05, 3.63) is 76.8 Å². The normalized spacial score (nSPS) is 13.9. The number of hydrogen-bond acceptors (Lipinski definition) is 6. The van der Waals surface area contributed by atoms with E-state index in [1.807, 2.05) is 55.4 Å². The lowest BCUT2D eigenvalue weighted by molar-refractivity contribution is -0.116. The van der Waals surface area contributed by atoms with Crippen LogP contribution in [-0.4, -0.2) is 43.9 Å². The molecule has 0 saturated carbocycles. The van der Waals surface area contributed by atoms with Gasteiger partial charge in [-0.05, 0) is 62.6 Å². The third-order valence-corrected chi connectivity index (χ3v) is 6.19. The van der Waals surface area contributed by atoms with Gasteiger partial charge in [-0.2, -0.15) is 0 Å². The summed E-state index contributed by atoms with van der Waals surface area (Å²) in [4.78, 5) is 29.1. The molecule has 0 bridgehead atoms. The molecule has 1 heterocycles. The highest BCUT2D eigenvalue weighted by Crippen LogP contribution is 2.39. The quantitative estimate of drug-likeness (QED) is 0.281. The fraction of sp³-hybridized carbons (Fsp3) is 0.185. The summed E-state index contributed by atoms with van der Waals surface area (Å²) < 4.78 is 0. The van der Waals surface area contributed by atoms with E-state index in [4.69, 9.17) is 23.1 Å². The molecule has 4 rings (SSSR count). The maximum atomic E-state index is 13.1. The Morgan fingerprint density at radius 1 is 0.972 bits per heavy atom. The standard InChI is InChI=1S/C27H29ClN6O2/c1-16(35)34(13-12-33(2)3)20-8-6-19(7-9-20)31-26(17-4-11-22(29)23(30)14-17)25-21-10-5-18(28)15-24(21)32-27(25)36/h4-11,14-15,31H,12-13,29-30H2,1-3H3,(H,32,36). The van der Waals surface area contributed by atoms with Crippen molar-refractivity contribution in [1.29, 1.82) is 0 Å². The minimum Gasteiger partial charge on any atom is -0.397 e. The molecule has 0 unspecified atom stereocenters. The van der Waals surface area contributed by atoms with Gasteiger partial charge in [0.1, 0.15) is 0 Å². The number of nitrogen functional groups attached to an aromatic ring is 2. The molecule has 0 fully saturated rings. The van der Waals surface area contributed by atoms with Gasteiger partial charge in [0.2, 0.25) is 5.91 Å². The molecule has 0 aromatic heterocycles. The number of halogens is 1. The molecule has 3 aromatic carbocycles. The van der Waals surface area contributed by atoms with E-state index in [9.17, 15) is 9.59 Å². The predicted molar refractivity (Wildman–Crippen MR) is 149 cm³/mol. The van der Waals surface area contributed by atoms with Gasteiger partial charge in [-0.3, -0.25) is 9.59 Å². The molecular weight excluding hydrogens is 476 g/mol. The monoisotopic (exact) mass is 504 g/mol. The van der Waals surface area contributed by atoms with Crippen LogP contribution in [0.25, 0.3) is 11.3 Å².